The van der Waals surface area contributed by atoms with Crippen LogP contribution in [-0.4, -0.2) is 27.9 Å². The number of halogens is 1. The Morgan fingerprint density at radius 1 is 1.45 bits per heavy atom. The standard InChI is InChI=1S/C15H18ClN3O2S/c1-3-5-10(2)17-13(20)9-22-15-19-18-14(21-15)11-6-4-7-12(16)8-11/h4,6-8,10H,3,5,9H2,1-2H3,(H,17,20)/t10-/m1/s1. The highest BCUT2D eigenvalue weighted by Gasteiger charge is 2.12. The Labute approximate surface area is 138 Å². The number of nitrogens with one attached hydrogen (secondary N) is 1. The van der Waals surface area contributed by atoms with Crippen LogP contribution in [0.1, 0.15) is 26.7 Å². The molecule has 0 fully saturated rings. The zero-order valence-corrected chi connectivity index (χ0v) is 14.1. The van der Waals surface area contributed by atoms with Crippen molar-refractivity contribution in [3.05, 3.63) is 29.3 Å². The first-order valence-electron chi connectivity index (χ1n) is 7.10. The lowest BCUT2D eigenvalue weighted by molar-refractivity contribution is -0.119. The fourth-order valence-corrected chi connectivity index (χ4v) is 2.72. The van der Waals surface area contributed by atoms with Crippen molar-refractivity contribution in [3.63, 3.8) is 0 Å². The SMILES string of the molecule is CCC[C@@H](C)NC(=O)CSc1nnc(-c2cccc(Cl)c2)o1. The molecule has 7 heteroatoms. The highest BCUT2D eigenvalue weighted by atomic mass is 35.5. The molecule has 22 heavy (non-hydrogen) atoms. The summed E-state index contributed by atoms with van der Waals surface area (Å²) in [5.74, 6) is 0.615. The first-order valence-corrected chi connectivity index (χ1v) is 8.46. The third-order valence-electron chi connectivity index (χ3n) is 2.93. The summed E-state index contributed by atoms with van der Waals surface area (Å²) in [7, 11) is 0. The van der Waals surface area contributed by atoms with E-state index < -0.39 is 0 Å². The second-order valence-corrected chi connectivity index (χ2v) is 6.29. The number of hydrogen-bond acceptors (Lipinski definition) is 5. The van der Waals surface area contributed by atoms with Crippen LogP contribution in [0.25, 0.3) is 11.5 Å². The molecule has 1 N–H and O–H groups in total. The minimum Gasteiger partial charge on any atom is -0.411 e. The molecule has 0 aliphatic carbocycles. The molecular weight excluding hydrogens is 322 g/mol. The lowest BCUT2D eigenvalue weighted by Gasteiger charge is -2.11. The van der Waals surface area contributed by atoms with Crippen LogP contribution in [0.15, 0.2) is 33.9 Å². The van der Waals surface area contributed by atoms with Gasteiger partial charge in [0, 0.05) is 16.6 Å². The summed E-state index contributed by atoms with van der Waals surface area (Å²) in [5, 5.41) is 11.8. The van der Waals surface area contributed by atoms with Gasteiger partial charge in [0.15, 0.2) is 0 Å². The molecule has 0 saturated carbocycles. The van der Waals surface area contributed by atoms with Gasteiger partial charge in [0.2, 0.25) is 11.8 Å². The minimum absolute atomic E-state index is 0.0338. The van der Waals surface area contributed by atoms with Gasteiger partial charge in [-0.15, -0.1) is 10.2 Å². The maximum atomic E-state index is 11.8. The second-order valence-electron chi connectivity index (χ2n) is 4.93. The molecule has 1 amide bonds. The molecule has 0 bridgehead atoms. The Bertz CT molecular complexity index is 633. The van der Waals surface area contributed by atoms with Crippen molar-refractivity contribution in [1.82, 2.24) is 15.5 Å². The van der Waals surface area contributed by atoms with Gasteiger partial charge in [0.05, 0.1) is 5.75 Å². The van der Waals surface area contributed by atoms with E-state index >= 15 is 0 Å². The second kappa shape index (κ2) is 8.19. The lowest BCUT2D eigenvalue weighted by atomic mass is 10.2. The number of hydrogen-bond donors (Lipinski definition) is 1. The van der Waals surface area contributed by atoms with E-state index in [0.717, 1.165) is 18.4 Å². The van der Waals surface area contributed by atoms with Gasteiger partial charge in [-0.05, 0) is 31.5 Å². The molecule has 0 unspecified atom stereocenters. The van der Waals surface area contributed by atoms with Gasteiger partial charge in [0.1, 0.15) is 0 Å². The summed E-state index contributed by atoms with van der Waals surface area (Å²) in [6, 6.07) is 7.37. The normalized spacial score (nSPS) is 12.1. The van der Waals surface area contributed by atoms with Crippen LogP contribution in [0.2, 0.25) is 5.02 Å². The average molecular weight is 340 g/mol. The van der Waals surface area contributed by atoms with E-state index in [2.05, 4.69) is 22.4 Å². The predicted molar refractivity (Wildman–Crippen MR) is 88.0 cm³/mol. The first-order chi connectivity index (χ1) is 10.6. The van der Waals surface area contributed by atoms with E-state index in [0.29, 0.717) is 16.1 Å². The van der Waals surface area contributed by atoms with Gasteiger partial charge in [-0.1, -0.05) is 42.8 Å². The topological polar surface area (TPSA) is 68.0 Å². The third kappa shape index (κ3) is 5.03. The quantitative estimate of drug-likeness (QED) is 0.777. The Morgan fingerprint density at radius 2 is 2.27 bits per heavy atom. The molecular formula is C15H18ClN3O2S. The van der Waals surface area contributed by atoms with Crippen molar-refractivity contribution in [2.75, 3.05) is 5.75 Å². The predicted octanol–water partition coefficient (Wildman–Crippen LogP) is 3.79. The summed E-state index contributed by atoms with van der Waals surface area (Å²) < 4.78 is 5.53. The summed E-state index contributed by atoms with van der Waals surface area (Å²) >= 11 is 7.15. The zero-order valence-electron chi connectivity index (χ0n) is 12.5. The van der Waals surface area contributed by atoms with Crippen LogP contribution in [0.4, 0.5) is 0 Å². The van der Waals surface area contributed by atoms with Crippen molar-refractivity contribution < 1.29 is 9.21 Å². The van der Waals surface area contributed by atoms with Crippen LogP contribution in [0.3, 0.4) is 0 Å². The number of nitrogens with zero attached hydrogens (tertiary/aromatic N) is 2. The molecule has 5 nitrogen and oxygen atoms in total. The maximum Gasteiger partial charge on any atom is 0.277 e. The summed E-state index contributed by atoms with van der Waals surface area (Å²) in [6.07, 6.45) is 2.01. The Kier molecular flexibility index (Phi) is 6.27. The molecule has 2 aromatic rings. The molecule has 0 saturated heterocycles. The van der Waals surface area contributed by atoms with Gasteiger partial charge < -0.3 is 9.73 Å². The molecule has 1 aromatic carbocycles. The van der Waals surface area contributed by atoms with Gasteiger partial charge in [-0.3, -0.25) is 4.79 Å². The largest absolute Gasteiger partial charge is 0.411 e. The van der Waals surface area contributed by atoms with Crippen LogP contribution in [0, 0.1) is 0 Å². The highest BCUT2D eigenvalue weighted by molar-refractivity contribution is 7.99. The zero-order chi connectivity index (χ0) is 15.9. The highest BCUT2D eigenvalue weighted by Crippen LogP contribution is 2.24. The van der Waals surface area contributed by atoms with E-state index in [4.69, 9.17) is 16.0 Å². The van der Waals surface area contributed by atoms with Gasteiger partial charge in [-0.2, -0.15) is 0 Å². The summed E-state index contributed by atoms with van der Waals surface area (Å²) in [6.45, 7) is 4.09. The molecule has 0 radical (unpaired) electrons. The molecule has 2 rings (SSSR count). The fourth-order valence-electron chi connectivity index (χ4n) is 1.96. The monoisotopic (exact) mass is 339 g/mol. The molecule has 0 aliphatic heterocycles. The van der Waals surface area contributed by atoms with Crippen molar-refractivity contribution in [3.8, 4) is 11.5 Å². The Morgan fingerprint density at radius 3 is 3.00 bits per heavy atom. The molecule has 0 aliphatic rings. The molecule has 1 atom stereocenters. The Balaban J connectivity index is 1.88. The van der Waals surface area contributed by atoms with Gasteiger partial charge in [-0.25, -0.2) is 0 Å². The van der Waals surface area contributed by atoms with E-state index in [-0.39, 0.29) is 17.7 Å². The minimum atomic E-state index is -0.0338. The van der Waals surface area contributed by atoms with E-state index in [1.54, 1.807) is 12.1 Å². The number of carbonyl (C=O) groups is 1. The van der Waals surface area contributed by atoms with E-state index in [1.165, 1.54) is 11.8 Å². The van der Waals surface area contributed by atoms with Crippen LogP contribution in [-0.2, 0) is 4.79 Å². The van der Waals surface area contributed by atoms with Crippen LogP contribution < -0.4 is 5.32 Å². The average Bonchev–Trinajstić information content (AvgIpc) is 2.94. The van der Waals surface area contributed by atoms with Crippen molar-refractivity contribution in [2.45, 2.75) is 38.0 Å². The summed E-state index contributed by atoms with van der Waals surface area (Å²) in [4.78, 5) is 11.8. The van der Waals surface area contributed by atoms with Crippen LogP contribution >= 0.6 is 23.4 Å². The number of benzene rings is 1. The van der Waals surface area contributed by atoms with Crippen molar-refractivity contribution >= 4 is 29.3 Å². The first kappa shape index (κ1) is 16.8. The molecule has 1 aromatic heterocycles. The van der Waals surface area contributed by atoms with Crippen molar-refractivity contribution in [1.29, 1.82) is 0 Å². The number of aromatic nitrogens is 2. The number of thioether (sulfide) groups is 1. The van der Waals surface area contributed by atoms with Gasteiger partial charge >= 0.3 is 0 Å². The lowest BCUT2D eigenvalue weighted by Crippen LogP contribution is -2.33. The molecule has 0 spiro atoms. The van der Waals surface area contributed by atoms with E-state index in [9.17, 15) is 4.79 Å². The van der Waals surface area contributed by atoms with E-state index in [1.807, 2.05) is 19.1 Å². The molecule has 1 heterocycles. The maximum absolute atomic E-state index is 11.8. The molecule has 118 valence electrons. The number of carbonyl (C=O) groups excluding carboxylic acids is 1. The van der Waals surface area contributed by atoms with Crippen molar-refractivity contribution in [2.24, 2.45) is 0 Å². The number of rotatable bonds is 7. The third-order valence-corrected chi connectivity index (χ3v) is 3.99. The smallest absolute Gasteiger partial charge is 0.277 e. The number of amides is 1. The van der Waals surface area contributed by atoms with Gasteiger partial charge in [0.25, 0.3) is 5.22 Å². The van der Waals surface area contributed by atoms with Crippen LogP contribution in [0.5, 0.6) is 0 Å². The summed E-state index contributed by atoms with van der Waals surface area (Å²) in [5.41, 5.74) is 0.757. The Hall–Kier alpha value is -1.53. The fraction of sp³-hybridized carbons (Fsp3) is 0.400.